The summed E-state index contributed by atoms with van der Waals surface area (Å²) in [6, 6.07) is 11.3. The highest BCUT2D eigenvalue weighted by molar-refractivity contribution is 5.76. The van der Waals surface area contributed by atoms with Crippen molar-refractivity contribution in [2.24, 2.45) is 0 Å². The summed E-state index contributed by atoms with van der Waals surface area (Å²) in [6.07, 6.45) is 1.40. The summed E-state index contributed by atoms with van der Waals surface area (Å²) >= 11 is 0. The standard InChI is InChI=1S/C24H28FN3O4/c1-15(2)31-20-13-10-18(14-21(20)30-4)16(3)26-22(29)6-5-7-23-27-24(28-32-23)17-8-11-19(25)12-9-17/h8-16H,5-7H2,1-4H3,(H,26,29). The molecule has 1 heterocycles. The van der Waals surface area contributed by atoms with Crippen LogP contribution in [0.1, 0.15) is 51.1 Å². The molecule has 1 unspecified atom stereocenters. The lowest BCUT2D eigenvalue weighted by molar-refractivity contribution is -0.121. The summed E-state index contributed by atoms with van der Waals surface area (Å²) in [5.74, 6) is 1.75. The number of aromatic nitrogens is 2. The molecular formula is C24H28FN3O4. The minimum absolute atomic E-state index is 0.0393. The number of amides is 1. The van der Waals surface area contributed by atoms with Crippen molar-refractivity contribution in [3.8, 4) is 22.9 Å². The Morgan fingerprint density at radius 3 is 2.56 bits per heavy atom. The van der Waals surface area contributed by atoms with Crippen molar-refractivity contribution >= 4 is 5.91 Å². The number of rotatable bonds is 10. The number of nitrogens with one attached hydrogen (secondary N) is 1. The Morgan fingerprint density at radius 2 is 1.88 bits per heavy atom. The molecule has 0 radical (unpaired) electrons. The van der Waals surface area contributed by atoms with Crippen molar-refractivity contribution in [3.05, 3.63) is 59.7 Å². The minimum atomic E-state index is -0.323. The molecule has 0 aliphatic rings. The predicted octanol–water partition coefficient (Wildman–Crippen LogP) is 4.87. The van der Waals surface area contributed by atoms with Gasteiger partial charge in [-0.05, 0) is 69.2 Å². The SMILES string of the molecule is COc1cc(C(C)NC(=O)CCCc2nc(-c3ccc(F)cc3)no2)ccc1OC(C)C. The first-order chi connectivity index (χ1) is 15.4. The molecule has 0 fully saturated rings. The van der Waals surface area contributed by atoms with E-state index in [4.69, 9.17) is 14.0 Å². The molecule has 0 saturated heterocycles. The minimum Gasteiger partial charge on any atom is -0.493 e. The van der Waals surface area contributed by atoms with Gasteiger partial charge < -0.3 is 19.3 Å². The molecule has 32 heavy (non-hydrogen) atoms. The molecule has 1 amide bonds. The summed E-state index contributed by atoms with van der Waals surface area (Å²) in [7, 11) is 1.59. The van der Waals surface area contributed by atoms with Crippen molar-refractivity contribution in [1.29, 1.82) is 0 Å². The summed E-state index contributed by atoms with van der Waals surface area (Å²) in [4.78, 5) is 16.7. The van der Waals surface area contributed by atoms with E-state index in [1.807, 2.05) is 39.0 Å². The maximum atomic E-state index is 13.0. The number of methoxy groups -OCH3 is 1. The van der Waals surface area contributed by atoms with Gasteiger partial charge in [0.25, 0.3) is 0 Å². The molecule has 1 aromatic heterocycles. The van der Waals surface area contributed by atoms with E-state index in [9.17, 15) is 9.18 Å². The smallest absolute Gasteiger partial charge is 0.226 e. The Kier molecular flexibility index (Phi) is 7.81. The van der Waals surface area contributed by atoms with Crippen molar-refractivity contribution in [1.82, 2.24) is 15.5 Å². The number of hydrogen-bond donors (Lipinski definition) is 1. The Hall–Kier alpha value is -3.42. The van der Waals surface area contributed by atoms with Gasteiger partial charge in [-0.2, -0.15) is 4.98 Å². The van der Waals surface area contributed by atoms with Gasteiger partial charge in [0.1, 0.15) is 5.82 Å². The van der Waals surface area contributed by atoms with E-state index in [-0.39, 0.29) is 23.9 Å². The van der Waals surface area contributed by atoms with Crippen molar-refractivity contribution in [2.75, 3.05) is 7.11 Å². The van der Waals surface area contributed by atoms with Gasteiger partial charge in [0.15, 0.2) is 11.5 Å². The molecule has 2 aromatic carbocycles. The second-order valence-electron chi connectivity index (χ2n) is 7.74. The number of nitrogens with zero attached hydrogens (tertiary/aromatic N) is 2. The van der Waals surface area contributed by atoms with Crippen LogP contribution in [0.3, 0.4) is 0 Å². The van der Waals surface area contributed by atoms with E-state index in [1.54, 1.807) is 19.2 Å². The van der Waals surface area contributed by atoms with E-state index in [0.717, 1.165) is 5.56 Å². The van der Waals surface area contributed by atoms with Crippen LogP contribution in [0.25, 0.3) is 11.4 Å². The largest absolute Gasteiger partial charge is 0.493 e. The van der Waals surface area contributed by atoms with Crippen LogP contribution in [0.15, 0.2) is 47.0 Å². The van der Waals surface area contributed by atoms with Gasteiger partial charge in [-0.25, -0.2) is 4.39 Å². The predicted molar refractivity (Wildman–Crippen MR) is 118 cm³/mol. The fourth-order valence-corrected chi connectivity index (χ4v) is 3.17. The molecule has 3 aromatic rings. The lowest BCUT2D eigenvalue weighted by Crippen LogP contribution is -2.26. The molecule has 0 saturated carbocycles. The Labute approximate surface area is 186 Å². The first kappa shape index (κ1) is 23.2. The number of hydrogen-bond acceptors (Lipinski definition) is 6. The highest BCUT2D eigenvalue weighted by Gasteiger charge is 2.15. The number of carbonyl (C=O) groups is 1. The molecule has 0 bridgehead atoms. The molecule has 3 rings (SSSR count). The zero-order valence-electron chi connectivity index (χ0n) is 18.7. The van der Waals surface area contributed by atoms with Crippen LogP contribution in [0, 0.1) is 5.82 Å². The summed E-state index contributed by atoms with van der Waals surface area (Å²) < 4.78 is 29.4. The van der Waals surface area contributed by atoms with Crippen LogP contribution < -0.4 is 14.8 Å². The Morgan fingerprint density at radius 1 is 1.12 bits per heavy atom. The van der Waals surface area contributed by atoms with Crippen LogP contribution in [-0.4, -0.2) is 29.3 Å². The average molecular weight is 442 g/mol. The number of halogens is 1. The van der Waals surface area contributed by atoms with Crippen molar-refractivity contribution in [3.63, 3.8) is 0 Å². The molecule has 1 atom stereocenters. The average Bonchev–Trinajstić information content (AvgIpc) is 3.23. The van der Waals surface area contributed by atoms with Crippen LogP contribution in [0.5, 0.6) is 11.5 Å². The van der Waals surface area contributed by atoms with E-state index in [0.29, 0.717) is 48.0 Å². The zero-order chi connectivity index (χ0) is 23.1. The van der Waals surface area contributed by atoms with Crippen LogP contribution >= 0.6 is 0 Å². The van der Waals surface area contributed by atoms with Gasteiger partial charge in [-0.1, -0.05) is 11.2 Å². The van der Waals surface area contributed by atoms with Crippen molar-refractivity contribution in [2.45, 2.75) is 52.2 Å². The maximum absolute atomic E-state index is 13.0. The van der Waals surface area contributed by atoms with Crippen LogP contribution in [-0.2, 0) is 11.2 Å². The van der Waals surface area contributed by atoms with Crippen molar-refractivity contribution < 1.29 is 23.2 Å². The molecule has 8 heteroatoms. The molecule has 0 aliphatic heterocycles. The number of benzene rings is 2. The Bertz CT molecular complexity index is 1030. The maximum Gasteiger partial charge on any atom is 0.226 e. The monoisotopic (exact) mass is 441 g/mol. The first-order valence-electron chi connectivity index (χ1n) is 10.6. The lowest BCUT2D eigenvalue weighted by Gasteiger charge is -2.18. The summed E-state index contributed by atoms with van der Waals surface area (Å²) in [5.41, 5.74) is 1.60. The topological polar surface area (TPSA) is 86.5 Å². The fourth-order valence-electron chi connectivity index (χ4n) is 3.17. The third kappa shape index (κ3) is 6.29. The van der Waals surface area contributed by atoms with E-state index >= 15 is 0 Å². The van der Waals surface area contributed by atoms with E-state index in [2.05, 4.69) is 15.5 Å². The number of ether oxygens (including phenoxy) is 2. The fraction of sp³-hybridized carbons (Fsp3) is 0.375. The lowest BCUT2D eigenvalue weighted by atomic mass is 10.1. The zero-order valence-corrected chi connectivity index (χ0v) is 18.7. The van der Waals surface area contributed by atoms with Gasteiger partial charge in [-0.3, -0.25) is 4.79 Å². The summed E-state index contributed by atoms with van der Waals surface area (Å²) in [6.45, 7) is 5.82. The van der Waals surface area contributed by atoms with Gasteiger partial charge >= 0.3 is 0 Å². The van der Waals surface area contributed by atoms with Gasteiger partial charge in [0.2, 0.25) is 17.6 Å². The molecule has 0 spiro atoms. The molecule has 0 aliphatic carbocycles. The second kappa shape index (κ2) is 10.7. The molecule has 170 valence electrons. The third-order valence-electron chi connectivity index (χ3n) is 4.79. The highest BCUT2D eigenvalue weighted by atomic mass is 19.1. The highest BCUT2D eigenvalue weighted by Crippen LogP contribution is 2.31. The quantitative estimate of drug-likeness (QED) is 0.483. The molecule has 1 N–H and O–H groups in total. The Balaban J connectivity index is 1.49. The number of aryl methyl sites for hydroxylation is 1. The molecule has 7 nitrogen and oxygen atoms in total. The van der Waals surface area contributed by atoms with Gasteiger partial charge in [0.05, 0.1) is 19.3 Å². The van der Waals surface area contributed by atoms with Gasteiger partial charge in [-0.15, -0.1) is 0 Å². The summed E-state index contributed by atoms with van der Waals surface area (Å²) in [5, 5.41) is 6.90. The third-order valence-corrected chi connectivity index (χ3v) is 4.79. The second-order valence-corrected chi connectivity index (χ2v) is 7.74. The first-order valence-corrected chi connectivity index (χ1v) is 10.6. The number of carbonyl (C=O) groups excluding carboxylic acids is 1. The molecular weight excluding hydrogens is 413 g/mol. The normalized spacial score (nSPS) is 11.9. The van der Waals surface area contributed by atoms with Crippen LogP contribution in [0.4, 0.5) is 4.39 Å². The van der Waals surface area contributed by atoms with Crippen LogP contribution in [0.2, 0.25) is 0 Å². The van der Waals surface area contributed by atoms with Gasteiger partial charge in [0, 0.05) is 18.4 Å². The van der Waals surface area contributed by atoms with E-state index in [1.165, 1.54) is 12.1 Å². The van der Waals surface area contributed by atoms with E-state index < -0.39 is 0 Å².